The van der Waals surface area contributed by atoms with Gasteiger partial charge in [-0.3, -0.25) is 0 Å². The second kappa shape index (κ2) is 10.8. The highest BCUT2D eigenvalue weighted by molar-refractivity contribution is 14.0. The Labute approximate surface area is 163 Å². The van der Waals surface area contributed by atoms with Crippen molar-refractivity contribution in [2.75, 3.05) is 13.7 Å². The van der Waals surface area contributed by atoms with Crippen molar-refractivity contribution in [2.24, 2.45) is 10.7 Å². The third kappa shape index (κ3) is 7.65. The quantitative estimate of drug-likeness (QED) is 0.377. The van der Waals surface area contributed by atoms with Crippen LogP contribution in [0, 0.1) is 5.82 Å². The number of ether oxygens (including phenoxy) is 2. The first-order valence-corrected chi connectivity index (χ1v) is 7.50. The molecule has 0 bridgehead atoms. The molecule has 6 nitrogen and oxygen atoms in total. The van der Waals surface area contributed by atoms with E-state index in [4.69, 9.17) is 15.2 Å². The van der Waals surface area contributed by atoms with Gasteiger partial charge in [0.2, 0.25) is 5.88 Å². The van der Waals surface area contributed by atoms with Gasteiger partial charge in [-0.2, -0.15) is 0 Å². The maximum atomic E-state index is 12.9. The van der Waals surface area contributed by atoms with Crippen LogP contribution in [-0.4, -0.2) is 30.7 Å². The van der Waals surface area contributed by atoms with E-state index in [1.54, 1.807) is 31.5 Å². The Bertz CT molecular complexity index is 683. The minimum atomic E-state index is -0.316. The fraction of sp³-hybridized carbons (Fsp3) is 0.294. The molecule has 0 aliphatic heterocycles. The van der Waals surface area contributed by atoms with Gasteiger partial charge in [0.15, 0.2) is 5.96 Å². The molecule has 0 radical (unpaired) electrons. The number of halogens is 2. The normalized spacial score (nSPS) is 12.2. The number of nitrogens with two attached hydrogens (primary N) is 1. The van der Waals surface area contributed by atoms with Gasteiger partial charge in [-0.25, -0.2) is 14.4 Å². The third-order valence-corrected chi connectivity index (χ3v) is 3.08. The van der Waals surface area contributed by atoms with Crippen LogP contribution in [0.4, 0.5) is 4.39 Å². The number of hydrogen-bond acceptors (Lipinski definition) is 4. The number of pyridine rings is 1. The van der Waals surface area contributed by atoms with Gasteiger partial charge >= 0.3 is 0 Å². The summed E-state index contributed by atoms with van der Waals surface area (Å²) in [5, 5.41) is 3.03. The van der Waals surface area contributed by atoms with Crippen LogP contribution in [0.1, 0.15) is 12.5 Å². The molecule has 0 saturated carbocycles. The summed E-state index contributed by atoms with van der Waals surface area (Å²) in [6.45, 7) is 2.88. The second-order valence-corrected chi connectivity index (χ2v) is 5.26. The highest BCUT2D eigenvalue weighted by atomic mass is 127. The largest absolute Gasteiger partial charge is 0.439 e. The Balaban J connectivity index is 0.00000312. The molecule has 136 valence electrons. The standard InChI is InChI=1S/C17H21FN4O2.HI/c1-12(11-23-2)22-17(19)21-10-13-7-8-20-16(9-13)24-15-5-3-14(18)4-6-15;/h3-9,12H,10-11H2,1-2H3,(H3,19,21,22);1H. The molecular weight excluding hydrogens is 438 g/mol. The topological polar surface area (TPSA) is 81.8 Å². The molecular formula is C17H22FIN4O2. The van der Waals surface area contributed by atoms with Gasteiger partial charge in [0, 0.05) is 25.4 Å². The fourth-order valence-electron chi connectivity index (χ4n) is 1.99. The van der Waals surface area contributed by atoms with Gasteiger partial charge in [0.05, 0.1) is 13.2 Å². The number of aliphatic imine (C=N–C) groups is 1. The molecule has 8 heteroatoms. The smallest absolute Gasteiger partial charge is 0.219 e. The zero-order chi connectivity index (χ0) is 17.4. The van der Waals surface area contributed by atoms with Crippen molar-refractivity contribution in [2.45, 2.75) is 19.5 Å². The molecule has 0 aliphatic carbocycles. The van der Waals surface area contributed by atoms with E-state index < -0.39 is 0 Å². The van der Waals surface area contributed by atoms with Crippen molar-refractivity contribution >= 4 is 29.9 Å². The summed E-state index contributed by atoms with van der Waals surface area (Å²) in [6.07, 6.45) is 1.63. The average Bonchev–Trinajstić information content (AvgIpc) is 2.56. The van der Waals surface area contributed by atoms with E-state index in [0.717, 1.165) is 5.56 Å². The van der Waals surface area contributed by atoms with E-state index in [0.29, 0.717) is 30.7 Å². The number of nitrogens with one attached hydrogen (secondary N) is 1. The molecule has 0 amide bonds. The number of methoxy groups -OCH3 is 1. The van der Waals surface area contributed by atoms with E-state index in [-0.39, 0.29) is 35.8 Å². The van der Waals surface area contributed by atoms with Gasteiger partial charge in [-0.15, -0.1) is 24.0 Å². The van der Waals surface area contributed by atoms with Gasteiger partial charge in [0.1, 0.15) is 11.6 Å². The lowest BCUT2D eigenvalue weighted by Crippen LogP contribution is -2.40. The van der Waals surface area contributed by atoms with Crippen LogP contribution in [0.3, 0.4) is 0 Å². The van der Waals surface area contributed by atoms with Crippen LogP contribution in [0.25, 0.3) is 0 Å². The van der Waals surface area contributed by atoms with Gasteiger partial charge in [-0.05, 0) is 42.8 Å². The molecule has 1 aromatic heterocycles. The SMILES string of the molecule is COCC(C)NC(N)=NCc1ccnc(Oc2ccc(F)cc2)c1.I. The first-order chi connectivity index (χ1) is 11.6. The summed E-state index contributed by atoms with van der Waals surface area (Å²) in [5.74, 6) is 0.953. The molecule has 1 heterocycles. The second-order valence-electron chi connectivity index (χ2n) is 5.26. The summed E-state index contributed by atoms with van der Waals surface area (Å²) >= 11 is 0. The van der Waals surface area contributed by atoms with Crippen LogP contribution in [-0.2, 0) is 11.3 Å². The van der Waals surface area contributed by atoms with Crippen LogP contribution >= 0.6 is 24.0 Å². The maximum Gasteiger partial charge on any atom is 0.219 e. The lowest BCUT2D eigenvalue weighted by Gasteiger charge is -2.13. The molecule has 0 fully saturated rings. The summed E-state index contributed by atoms with van der Waals surface area (Å²) in [4.78, 5) is 8.40. The van der Waals surface area contributed by atoms with Gasteiger partial charge in [0.25, 0.3) is 0 Å². The minimum Gasteiger partial charge on any atom is -0.439 e. The fourth-order valence-corrected chi connectivity index (χ4v) is 1.99. The number of guanidine groups is 1. The molecule has 0 spiro atoms. The predicted octanol–water partition coefficient (Wildman–Crippen LogP) is 3.07. The molecule has 2 rings (SSSR count). The minimum absolute atomic E-state index is 0. The van der Waals surface area contributed by atoms with Crippen molar-refractivity contribution in [1.82, 2.24) is 10.3 Å². The van der Waals surface area contributed by atoms with E-state index in [2.05, 4.69) is 15.3 Å². The summed E-state index contributed by atoms with van der Waals surface area (Å²) in [5.41, 5.74) is 6.72. The molecule has 1 atom stereocenters. The zero-order valence-corrected chi connectivity index (χ0v) is 16.4. The van der Waals surface area contributed by atoms with Crippen LogP contribution in [0.5, 0.6) is 11.6 Å². The number of rotatable bonds is 7. The van der Waals surface area contributed by atoms with Crippen molar-refractivity contribution in [1.29, 1.82) is 0 Å². The Morgan fingerprint density at radius 2 is 2.04 bits per heavy atom. The number of hydrogen-bond donors (Lipinski definition) is 2. The number of aromatic nitrogens is 1. The van der Waals surface area contributed by atoms with Gasteiger partial charge < -0.3 is 20.5 Å². The van der Waals surface area contributed by atoms with E-state index in [1.807, 2.05) is 13.0 Å². The first kappa shape index (κ1) is 21.1. The highest BCUT2D eigenvalue weighted by Gasteiger charge is 2.03. The molecule has 0 saturated heterocycles. The van der Waals surface area contributed by atoms with Crippen molar-refractivity contribution < 1.29 is 13.9 Å². The Morgan fingerprint density at radius 1 is 1.32 bits per heavy atom. The van der Waals surface area contributed by atoms with Crippen LogP contribution < -0.4 is 15.8 Å². The number of nitrogens with zero attached hydrogens (tertiary/aromatic N) is 2. The summed E-state index contributed by atoms with van der Waals surface area (Å²) in [7, 11) is 1.63. The lowest BCUT2D eigenvalue weighted by molar-refractivity contribution is 0.179. The molecule has 0 aliphatic rings. The van der Waals surface area contributed by atoms with Crippen molar-refractivity contribution in [3.05, 3.63) is 54.0 Å². The van der Waals surface area contributed by atoms with Crippen molar-refractivity contribution in [3.63, 3.8) is 0 Å². The van der Waals surface area contributed by atoms with Gasteiger partial charge in [-0.1, -0.05) is 0 Å². The van der Waals surface area contributed by atoms with E-state index in [1.165, 1.54) is 12.1 Å². The maximum absolute atomic E-state index is 12.9. The van der Waals surface area contributed by atoms with Crippen LogP contribution in [0.15, 0.2) is 47.6 Å². The highest BCUT2D eigenvalue weighted by Crippen LogP contribution is 2.20. The monoisotopic (exact) mass is 460 g/mol. The lowest BCUT2D eigenvalue weighted by atomic mass is 10.2. The van der Waals surface area contributed by atoms with Crippen molar-refractivity contribution in [3.8, 4) is 11.6 Å². The van der Waals surface area contributed by atoms with E-state index in [9.17, 15) is 4.39 Å². The molecule has 2 aromatic rings. The average molecular weight is 460 g/mol. The molecule has 3 N–H and O–H groups in total. The Morgan fingerprint density at radius 3 is 2.72 bits per heavy atom. The zero-order valence-electron chi connectivity index (χ0n) is 14.1. The molecule has 1 unspecified atom stereocenters. The summed E-state index contributed by atoms with van der Waals surface area (Å²) < 4.78 is 23.5. The van der Waals surface area contributed by atoms with E-state index >= 15 is 0 Å². The Kier molecular flexibility index (Phi) is 9.14. The number of benzene rings is 1. The molecule has 1 aromatic carbocycles. The Hall–Kier alpha value is -1.94. The summed E-state index contributed by atoms with van der Waals surface area (Å²) in [6, 6.07) is 9.41. The predicted molar refractivity (Wildman–Crippen MR) is 106 cm³/mol. The first-order valence-electron chi connectivity index (χ1n) is 7.50. The third-order valence-electron chi connectivity index (χ3n) is 3.08. The van der Waals surface area contributed by atoms with Crippen LogP contribution in [0.2, 0.25) is 0 Å². The molecule has 25 heavy (non-hydrogen) atoms.